The third-order valence-corrected chi connectivity index (χ3v) is 2.66. The second-order valence-corrected chi connectivity index (χ2v) is 3.64. The first-order valence-corrected chi connectivity index (χ1v) is 4.65. The second-order valence-electron chi connectivity index (χ2n) is 3.64. The van der Waals surface area contributed by atoms with Gasteiger partial charge in [0.25, 0.3) is 0 Å². The van der Waals surface area contributed by atoms with Gasteiger partial charge in [0, 0.05) is 5.69 Å². The van der Waals surface area contributed by atoms with Crippen molar-refractivity contribution in [3.8, 4) is 0 Å². The molecule has 0 aromatic heterocycles. The number of esters is 1. The number of carbonyl (C=O) groups is 1. The first-order valence-electron chi connectivity index (χ1n) is 4.65. The predicted octanol–water partition coefficient (Wildman–Crippen LogP) is 1.55. The fraction of sp³-hybridized carbons (Fsp3) is 0.364. The molecule has 3 heteroatoms. The number of rotatable bonds is 2. The molecule has 2 N–H and O–H groups in total. The lowest BCUT2D eigenvalue weighted by Gasteiger charge is -2.00. The number of nitrogens with two attached hydrogens (primary N) is 1. The summed E-state index contributed by atoms with van der Waals surface area (Å²) in [6.07, 6.45) is 0.899. The minimum Gasteiger partial charge on any atom is -0.469 e. The highest BCUT2D eigenvalue weighted by Crippen LogP contribution is 2.48. The molecule has 0 amide bonds. The zero-order chi connectivity index (χ0) is 10.1. The lowest BCUT2D eigenvalue weighted by Crippen LogP contribution is -2.03. The molecule has 3 nitrogen and oxygen atoms in total. The zero-order valence-electron chi connectivity index (χ0n) is 8.07. The summed E-state index contributed by atoms with van der Waals surface area (Å²) in [5, 5.41) is 0. The number of benzene rings is 1. The van der Waals surface area contributed by atoms with Crippen LogP contribution in [0.1, 0.15) is 17.9 Å². The first-order chi connectivity index (χ1) is 6.72. The van der Waals surface area contributed by atoms with Crippen molar-refractivity contribution in [3.05, 3.63) is 29.8 Å². The van der Waals surface area contributed by atoms with E-state index < -0.39 is 0 Å². The highest BCUT2D eigenvalue weighted by molar-refractivity contribution is 5.77. The molecule has 0 saturated heterocycles. The van der Waals surface area contributed by atoms with Crippen molar-refractivity contribution in [1.29, 1.82) is 0 Å². The van der Waals surface area contributed by atoms with Gasteiger partial charge >= 0.3 is 5.97 Å². The Hall–Kier alpha value is -1.51. The van der Waals surface area contributed by atoms with Crippen molar-refractivity contribution in [2.24, 2.45) is 5.92 Å². The fourth-order valence-corrected chi connectivity index (χ4v) is 1.72. The fourth-order valence-electron chi connectivity index (χ4n) is 1.72. The Morgan fingerprint density at radius 1 is 1.43 bits per heavy atom. The van der Waals surface area contributed by atoms with E-state index in [1.165, 1.54) is 12.7 Å². The number of carbonyl (C=O) groups excluding carboxylic acids is 1. The minimum atomic E-state index is -0.105. The quantitative estimate of drug-likeness (QED) is 0.570. The Balaban J connectivity index is 2.06. The number of nitrogen functional groups attached to an aromatic ring is 1. The van der Waals surface area contributed by atoms with Gasteiger partial charge in [0.2, 0.25) is 0 Å². The van der Waals surface area contributed by atoms with Crippen molar-refractivity contribution in [2.75, 3.05) is 12.8 Å². The van der Waals surface area contributed by atoms with Crippen LogP contribution in [0.5, 0.6) is 0 Å². The highest BCUT2D eigenvalue weighted by atomic mass is 16.5. The van der Waals surface area contributed by atoms with Gasteiger partial charge in [0.05, 0.1) is 13.0 Å². The normalized spacial score (nSPS) is 24.4. The maximum Gasteiger partial charge on any atom is 0.309 e. The first kappa shape index (κ1) is 9.06. The molecule has 74 valence electrons. The lowest BCUT2D eigenvalue weighted by molar-refractivity contribution is -0.142. The van der Waals surface area contributed by atoms with Crippen molar-refractivity contribution >= 4 is 11.7 Å². The van der Waals surface area contributed by atoms with Gasteiger partial charge in [-0.25, -0.2) is 0 Å². The summed E-state index contributed by atoms with van der Waals surface area (Å²) in [6, 6.07) is 7.68. The molecular formula is C11H13NO2. The van der Waals surface area contributed by atoms with Crippen LogP contribution < -0.4 is 5.73 Å². The molecule has 0 unspecified atom stereocenters. The standard InChI is InChI=1S/C11H13NO2/c1-14-11(13)10-6-9(10)7-2-4-8(12)5-3-7/h2-5,9-10H,6,12H2,1H3/t9-,10-/m1/s1. The second kappa shape index (κ2) is 3.33. The SMILES string of the molecule is COC(=O)[C@@H]1C[C@@H]1c1ccc(N)cc1. The number of hydrogen-bond acceptors (Lipinski definition) is 3. The molecule has 0 aliphatic heterocycles. The van der Waals surface area contributed by atoms with Crippen LogP contribution in [-0.2, 0) is 9.53 Å². The molecule has 1 aliphatic carbocycles. The summed E-state index contributed by atoms with van der Waals surface area (Å²) >= 11 is 0. The van der Waals surface area contributed by atoms with Crippen LogP contribution >= 0.6 is 0 Å². The number of ether oxygens (including phenoxy) is 1. The Morgan fingerprint density at radius 3 is 2.64 bits per heavy atom. The highest BCUT2D eigenvalue weighted by Gasteiger charge is 2.44. The number of methoxy groups -OCH3 is 1. The molecule has 0 heterocycles. The molecule has 1 aromatic carbocycles. The summed E-state index contributed by atoms with van der Waals surface area (Å²) in [6.45, 7) is 0. The van der Waals surface area contributed by atoms with E-state index >= 15 is 0 Å². The van der Waals surface area contributed by atoms with Crippen LogP contribution in [0.3, 0.4) is 0 Å². The Kier molecular flexibility index (Phi) is 2.15. The van der Waals surface area contributed by atoms with E-state index in [-0.39, 0.29) is 11.9 Å². The summed E-state index contributed by atoms with van der Waals surface area (Å²) in [4.78, 5) is 11.2. The zero-order valence-corrected chi connectivity index (χ0v) is 8.07. The third kappa shape index (κ3) is 1.58. The molecule has 1 saturated carbocycles. The molecule has 1 aromatic rings. The van der Waals surface area contributed by atoms with Gasteiger partial charge in [-0.3, -0.25) is 4.79 Å². The van der Waals surface area contributed by atoms with Crippen LogP contribution in [0.4, 0.5) is 5.69 Å². The molecule has 2 rings (SSSR count). The van der Waals surface area contributed by atoms with Crippen molar-refractivity contribution < 1.29 is 9.53 Å². The summed E-state index contributed by atoms with van der Waals surface area (Å²) in [5.41, 5.74) is 7.51. The van der Waals surface area contributed by atoms with Crippen molar-refractivity contribution in [3.63, 3.8) is 0 Å². The van der Waals surface area contributed by atoms with Crippen LogP contribution in [-0.4, -0.2) is 13.1 Å². The van der Waals surface area contributed by atoms with E-state index in [1.807, 2.05) is 24.3 Å². The Morgan fingerprint density at radius 2 is 2.07 bits per heavy atom. The monoisotopic (exact) mass is 191 g/mol. The van der Waals surface area contributed by atoms with Crippen LogP contribution in [0.25, 0.3) is 0 Å². The smallest absolute Gasteiger partial charge is 0.309 e. The number of anilines is 1. The van der Waals surface area contributed by atoms with E-state index in [4.69, 9.17) is 5.73 Å². The van der Waals surface area contributed by atoms with E-state index in [2.05, 4.69) is 4.74 Å². The summed E-state index contributed by atoms with van der Waals surface area (Å²) in [5.74, 6) is 0.290. The van der Waals surface area contributed by atoms with E-state index in [9.17, 15) is 4.79 Å². The maximum absolute atomic E-state index is 11.2. The average molecular weight is 191 g/mol. The average Bonchev–Trinajstić information content (AvgIpc) is 2.98. The predicted molar refractivity (Wildman–Crippen MR) is 53.7 cm³/mol. The molecule has 0 spiro atoms. The molecule has 1 aliphatic rings. The molecular weight excluding hydrogens is 178 g/mol. The van der Waals surface area contributed by atoms with Crippen LogP contribution in [0.15, 0.2) is 24.3 Å². The summed E-state index contributed by atoms with van der Waals surface area (Å²) in [7, 11) is 1.43. The minimum absolute atomic E-state index is 0.0589. The Bertz CT molecular complexity index is 345. The van der Waals surface area contributed by atoms with Crippen molar-refractivity contribution in [2.45, 2.75) is 12.3 Å². The van der Waals surface area contributed by atoms with Gasteiger partial charge in [-0.05, 0) is 30.0 Å². The van der Waals surface area contributed by atoms with E-state index in [1.54, 1.807) is 0 Å². The molecule has 0 radical (unpaired) electrons. The Labute approximate surface area is 82.9 Å². The van der Waals surface area contributed by atoms with Crippen LogP contribution in [0, 0.1) is 5.92 Å². The van der Waals surface area contributed by atoms with Gasteiger partial charge in [0.1, 0.15) is 0 Å². The molecule has 14 heavy (non-hydrogen) atoms. The molecule has 1 fully saturated rings. The molecule has 0 bridgehead atoms. The van der Waals surface area contributed by atoms with Gasteiger partial charge in [-0.1, -0.05) is 12.1 Å². The number of hydrogen-bond donors (Lipinski definition) is 1. The van der Waals surface area contributed by atoms with E-state index in [0.29, 0.717) is 5.92 Å². The summed E-state index contributed by atoms with van der Waals surface area (Å²) < 4.78 is 4.69. The van der Waals surface area contributed by atoms with Crippen LogP contribution in [0.2, 0.25) is 0 Å². The van der Waals surface area contributed by atoms with Gasteiger partial charge < -0.3 is 10.5 Å². The maximum atomic E-state index is 11.2. The van der Waals surface area contributed by atoms with Gasteiger partial charge in [-0.2, -0.15) is 0 Å². The van der Waals surface area contributed by atoms with Gasteiger partial charge in [-0.15, -0.1) is 0 Å². The molecule has 2 atom stereocenters. The lowest BCUT2D eigenvalue weighted by atomic mass is 10.1. The van der Waals surface area contributed by atoms with Crippen molar-refractivity contribution in [1.82, 2.24) is 0 Å². The topological polar surface area (TPSA) is 52.3 Å². The van der Waals surface area contributed by atoms with E-state index in [0.717, 1.165) is 12.1 Å². The third-order valence-electron chi connectivity index (χ3n) is 2.66. The largest absolute Gasteiger partial charge is 0.469 e. The van der Waals surface area contributed by atoms with Gasteiger partial charge in [0.15, 0.2) is 0 Å².